The maximum atomic E-state index is 12.8. The van der Waals surface area contributed by atoms with E-state index in [4.69, 9.17) is 0 Å². The number of rotatable bonds is 4. The molecule has 0 fully saturated rings. The zero-order valence-corrected chi connectivity index (χ0v) is 14.7. The van der Waals surface area contributed by atoms with Gasteiger partial charge in [0.1, 0.15) is 0 Å². The third-order valence-corrected chi connectivity index (χ3v) is 4.58. The van der Waals surface area contributed by atoms with Crippen LogP contribution in [0, 0.1) is 6.92 Å². The highest BCUT2D eigenvalue weighted by atomic mass is 32.2. The van der Waals surface area contributed by atoms with E-state index in [1.165, 1.54) is 0 Å². The number of carbonyl (C=O) groups excluding carboxylic acids is 1. The molecule has 4 nitrogen and oxygen atoms in total. The van der Waals surface area contributed by atoms with Crippen LogP contribution in [0.25, 0.3) is 5.69 Å². The zero-order chi connectivity index (χ0) is 17.1. The van der Waals surface area contributed by atoms with Gasteiger partial charge in [-0.3, -0.25) is 4.79 Å². The maximum absolute atomic E-state index is 12.8. The van der Waals surface area contributed by atoms with Gasteiger partial charge in [-0.05, 0) is 49.6 Å². The van der Waals surface area contributed by atoms with Gasteiger partial charge in [-0.1, -0.05) is 24.3 Å². The molecule has 0 aliphatic heterocycles. The Morgan fingerprint density at radius 2 is 1.83 bits per heavy atom. The fourth-order valence-electron chi connectivity index (χ4n) is 2.52. The van der Waals surface area contributed by atoms with Gasteiger partial charge in [0.2, 0.25) is 0 Å². The van der Waals surface area contributed by atoms with E-state index in [2.05, 4.69) is 5.10 Å². The highest BCUT2D eigenvalue weighted by Gasteiger charge is 2.18. The number of hydrogen-bond acceptors (Lipinski definition) is 3. The number of nitrogens with zero attached hydrogens (tertiary/aromatic N) is 3. The van der Waals surface area contributed by atoms with Crippen molar-refractivity contribution in [1.82, 2.24) is 9.78 Å². The molecule has 3 rings (SSSR count). The van der Waals surface area contributed by atoms with Crippen LogP contribution in [0.4, 0.5) is 5.69 Å². The number of thioether (sulfide) groups is 1. The first-order valence-corrected chi connectivity index (χ1v) is 8.87. The molecule has 0 N–H and O–H groups in total. The molecule has 24 heavy (non-hydrogen) atoms. The summed E-state index contributed by atoms with van der Waals surface area (Å²) in [6, 6.07) is 19.6. The Kier molecular flexibility index (Phi) is 4.71. The van der Waals surface area contributed by atoms with Crippen molar-refractivity contribution in [3.8, 4) is 5.69 Å². The van der Waals surface area contributed by atoms with Crippen molar-refractivity contribution in [3.05, 3.63) is 72.1 Å². The predicted molar refractivity (Wildman–Crippen MR) is 99.3 cm³/mol. The van der Waals surface area contributed by atoms with Gasteiger partial charge in [-0.25, -0.2) is 4.68 Å². The lowest BCUT2D eigenvalue weighted by atomic mass is 10.2. The molecule has 0 saturated heterocycles. The van der Waals surface area contributed by atoms with Crippen LogP contribution in [-0.4, -0.2) is 29.0 Å². The van der Waals surface area contributed by atoms with Crippen molar-refractivity contribution in [2.24, 2.45) is 0 Å². The quantitative estimate of drug-likeness (QED) is 0.670. The molecule has 0 aliphatic rings. The number of hydrogen-bond donors (Lipinski definition) is 0. The minimum absolute atomic E-state index is 0.119. The number of aryl methyl sites for hydroxylation is 1. The molecule has 122 valence electrons. The standard InChI is InChI=1S/C19H19N3OS/c1-14-12-18(20-22(14)15-8-5-4-6-9-15)19(23)21(2)16-10-7-11-17(13-16)24-3/h4-13H,1-3H3. The van der Waals surface area contributed by atoms with Crippen LogP contribution in [0.3, 0.4) is 0 Å². The second-order valence-electron chi connectivity index (χ2n) is 5.48. The first kappa shape index (κ1) is 16.3. The van der Waals surface area contributed by atoms with Gasteiger partial charge in [-0.2, -0.15) is 5.10 Å². The molecule has 1 heterocycles. The molecule has 0 spiro atoms. The van der Waals surface area contributed by atoms with Crippen molar-refractivity contribution in [2.45, 2.75) is 11.8 Å². The van der Waals surface area contributed by atoms with Gasteiger partial charge in [0.15, 0.2) is 5.69 Å². The summed E-state index contributed by atoms with van der Waals surface area (Å²) in [5.74, 6) is -0.119. The molecule has 0 unspecified atom stereocenters. The van der Waals surface area contributed by atoms with E-state index in [0.29, 0.717) is 5.69 Å². The molecule has 5 heteroatoms. The normalized spacial score (nSPS) is 10.6. The lowest BCUT2D eigenvalue weighted by molar-refractivity contribution is 0.0988. The number of amides is 1. The highest BCUT2D eigenvalue weighted by Crippen LogP contribution is 2.23. The van der Waals surface area contributed by atoms with Crippen molar-refractivity contribution < 1.29 is 4.79 Å². The monoisotopic (exact) mass is 337 g/mol. The molecule has 1 aromatic heterocycles. The fraction of sp³-hybridized carbons (Fsp3) is 0.158. The average Bonchev–Trinajstić information content (AvgIpc) is 3.03. The Labute approximate surface area is 146 Å². The zero-order valence-electron chi connectivity index (χ0n) is 13.9. The summed E-state index contributed by atoms with van der Waals surface area (Å²) in [7, 11) is 1.78. The van der Waals surface area contributed by atoms with E-state index < -0.39 is 0 Å². The van der Waals surface area contributed by atoms with Gasteiger partial charge in [0.05, 0.1) is 5.69 Å². The van der Waals surface area contributed by atoms with Crippen LogP contribution < -0.4 is 4.90 Å². The molecule has 0 bridgehead atoms. The topological polar surface area (TPSA) is 38.1 Å². The van der Waals surface area contributed by atoms with Crippen molar-refractivity contribution in [2.75, 3.05) is 18.2 Å². The summed E-state index contributed by atoms with van der Waals surface area (Å²) in [6.07, 6.45) is 2.02. The van der Waals surface area contributed by atoms with Crippen LogP contribution in [0.15, 0.2) is 65.6 Å². The second kappa shape index (κ2) is 6.93. The number of para-hydroxylation sites is 1. The van der Waals surface area contributed by atoms with Crippen molar-refractivity contribution in [1.29, 1.82) is 0 Å². The van der Waals surface area contributed by atoms with Crippen LogP contribution in [0.2, 0.25) is 0 Å². The van der Waals surface area contributed by atoms with Gasteiger partial charge in [-0.15, -0.1) is 11.8 Å². The third kappa shape index (κ3) is 3.21. The van der Waals surface area contributed by atoms with E-state index in [-0.39, 0.29) is 5.91 Å². The minimum atomic E-state index is -0.119. The molecule has 2 aromatic carbocycles. The first-order valence-electron chi connectivity index (χ1n) is 7.64. The number of aromatic nitrogens is 2. The van der Waals surface area contributed by atoms with E-state index in [9.17, 15) is 4.79 Å². The van der Waals surface area contributed by atoms with Gasteiger partial charge in [0.25, 0.3) is 5.91 Å². The summed E-state index contributed by atoms with van der Waals surface area (Å²) >= 11 is 1.65. The smallest absolute Gasteiger partial charge is 0.278 e. The lowest BCUT2D eigenvalue weighted by Gasteiger charge is -2.16. The Hall–Kier alpha value is -2.53. The second-order valence-corrected chi connectivity index (χ2v) is 6.36. The fourth-order valence-corrected chi connectivity index (χ4v) is 2.97. The summed E-state index contributed by atoms with van der Waals surface area (Å²) in [6.45, 7) is 1.95. The average molecular weight is 337 g/mol. The molecule has 0 atom stereocenters. The summed E-state index contributed by atoms with van der Waals surface area (Å²) in [4.78, 5) is 15.5. The molecule has 0 saturated carbocycles. The van der Waals surface area contributed by atoms with E-state index in [1.807, 2.05) is 73.8 Å². The third-order valence-electron chi connectivity index (χ3n) is 3.85. The molecule has 0 radical (unpaired) electrons. The van der Waals surface area contributed by atoms with E-state index >= 15 is 0 Å². The van der Waals surface area contributed by atoms with Crippen LogP contribution >= 0.6 is 11.8 Å². The van der Waals surface area contributed by atoms with Crippen LogP contribution in [0.1, 0.15) is 16.2 Å². The molecule has 3 aromatic rings. The van der Waals surface area contributed by atoms with Crippen LogP contribution in [-0.2, 0) is 0 Å². The molecule has 0 aliphatic carbocycles. The Morgan fingerprint density at radius 1 is 1.08 bits per heavy atom. The SMILES string of the molecule is CSc1cccc(N(C)C(=O)c2cc(C)n(-c3ccccc3)n2)c1. The molecular weight excluding hydrogens is 318 g/mol. The van der Waals surface area contributed by atoms with Crippen molar-refractivity contribution >= 4 is 23.4 Å². The van der Waals surface area contributed by atoms with Gasteiger partial charge in [0, 0.05) is 23.3 Å². The maximum Gasteiger partial charge on any atom is 0.278 e. The van der Waals surface area contributed by atoms with Crippen LogP contribution in [0.5, 0.6) is 0 Å². The van der Waals surface area contributed by atoms with E-state index in [0.717, 1.165) is 22.0 Å². The minimum Gasteiger partial charge on any atom is -0.310 e. The van der Waals surface area contributed by atoms with E-state index in [1.54, 1.807) is 28.4 Å². The first-order chi connectivity index (χ1) is 11.6. The van der Waals surface area contributed by atoms with Gasteiger partial charge < -0.3 is 4.90 Å². The highest BCUT2D eigenvalue weighted by molar-refractivity contribution is 7.98. The molecule has 1 amide bonds. The lowest BCUT2D eigenvalue weighted by Crippen LogP contribution is -2.26. The number of anilines is 1. The summed E-state index contributed by atoms with van der Waals surface area (Å²) in [5.41, 5.74) is 3.17. The Balaban J connectivity index is 1.90. The number of carbonyl (C=O) groups is 1. The largest absolute Gasteiger partial charge is 0.310 e. The van der Waals surface area contributed by atoms with Crippen molar-refractivity contribution in [3.63, 3.8) is 0 Å². The summed E-state index contributed by atoms with van der Waals surface area (Å²) in [5, 5.41) is 4.49. The number of benzene rings is 2. The summed E-state index contributed by atoms with van der Waals surface area (Å²) < 4.78 is 1.79. The Morgan fingerprint density at radius 3 is 2.54 bits per heavy atom. The molecular formula is C19H19N3OS. The Bertz CT molecular complexity index is 858. The van der Waals surface area contributed by atoms with Gasteiger partial charge >= 0.3 is 0 Å². The predicted octanol–water partition coefficient (Wildman–Crippen LogP) is 4.18.